The van der Waals surface area contributed by atoms with Crippen LogP contribution in [0.4, 0.5) is 0 Å². The lowest BCUT2D eigenvalue weighted by Gasteiger charge is -2.57. The van der Waals surface area contributed by atoms with Gasteiger partial charge in [-0.15, -0.1) is 0 Å². The molecule has 2 saturated heterocycles. The standard InChI is InChI=1S/C18H25N3O2/c1-12(2)14(19)16(22)21-15(13-8-5-4-6-9-13)18(17(21)23)10-7-11-20(18)3/h4-6,8-9,12,14-15H,7,10-11,19H2,1-3H3. The third-order valence-corrected chi connectivity index (χ3v) is 5.39. The first-order valence-corrected chi connectivity index (χ1v) is 8.30. The molecule has 124 valence electrons. The van der Waals surface area contributed by atoms with E-state index in [1.165, 1.54) is 4.90 Å². The summed E-state index contributed by atoms with van der Waals surface area (Å²) in [6, 6.07) is 8.95. The molecule has 5 nitrogen and oxygen atoms in total. The molecular weight excluding hydrogens is 290 g/mol. The lowest BCUT2D eigenvalue weighted by molar-refractivity contribution is -0.181. The summed E-state index contributed by atoms with van der Waals surface area (Å²) >= 11 is 0. The highest BCUT2D eigenvalue weighted by atomic mass is 16.2. The maximum absolute atomic E-state index is 13.0. The van der Waals surface area contributed by atoms with Gasteiger partial charge in [0.05, 0.1) is 12.1 Å². The molecule has 2 amide bonds. The number of benzene rings is 1. The van der Waals surface area contributed by atoms with Crippen molar-refractivity contribution in [3.63, 3.8) is 0 Å². The molecule has 0 bridgehead atoms. The van der Waals surface area contributed by atoms with E-state index in [0.29, 0.717) is 0 Å². The molecule has 1 aromatic carbocycles. The van der Waals surface area contributed by atoms with E-state index in [2.05, 4.69) is 4.90 Å². The summed E-state index contributed by atoms with van der Waals surface area (Å²) in [4.78, 5) is 29.2. The molecule has 0 saturated carbocycles. The smallest absolute Gasteiger partial charge is 0.252 e. The molecule has 2 aliphatic heterocycles. The number of hydrogen-bond donors (Lipinski definition) is 1. The highest BCUT2D eigenvalue weighted by Gasteiger charge is 2.66. The number of likely N-dealkylation sites (tertiary alicyclic amines) is 2. The maximum Gasteiger partial charge on any atom is 0.252 e. The van der Waals surface area contributed by atoms with Crippen LogP contribution in [0.25, 0.3) is 0 Å². The lowest BCUT2D eigenvalue weighted by atomic mass is 9.72. The highest BCUT2D eigenvalue weighted by molar-refractivity contribution is 6.08. The molecule has 23 heavy (non-hydrogen) atoms. The fourth-order valence-electron chi connectivity index (χ4n) is 3.92. The largest absolute Gasteiger partial charge is 0.320 e. The fourth-order valence-corrected chi connectivity index (χ4v) is 3.92. The van der Waals surface area contributed by atoms with Gasteiger partial charge in [0.2, 0.25) is 5.91 Å². The number of nitrogens with two attached hydrogens (primary N) is 1. The van der Waals surface area contributed by atoms with E-state index in [9.17, 15) is 9.59 Å². The van der Waals surface area contributed by atoms with Gasteiger partial charge in [-0.2, -0.15) is 0 Å². The molecule has 2 N–H and O–H groups in total. The second-order valence-electron chi connectivity index (χ2n) is 7.05. The molecule has 3 rings (SSSR count). The molecule has 0 aliphatic carbocycles. The van der Waals surface area contributed by atoms with Gasteiger partial charge in [-0.25, -0.2) is 0 Å². The van der Waals surface area contributed by atoms with E-state index in [4.69, 9.17) is 5.73 Å². The van der Waals surface area contributed by atoms with Crippen molar-refractivity contribution in [2.24, 2.45) is 11.7 Å². The summed E-state index contributed by atoms with van der Waals surface area (Å²) in [6.45, 7) is 4.69. The van der Waals surface area contributed by atoms with E-state index in [1.54, 1.807) is 0 Å². The van der Waals surface area contributed by atoms with Crippen molar-refractivity contribution < 1.29 is 9.59 Å². The molecule has 3 unspecified atom stereocenters. The third-order valence-electron chi connectivity index (χ3n) is 5.39. The first kappa shape index (κ1) is 16.1. The van der Waals surface area contributed by atoms with E-state index >= 15 is 0 Å². The van der Waals surface area contributed by atoms with Crippen LogP contribution in [0.3, 0.4) is 0 Å². The highest BCUT2D eigenvalue weighted by Crippen LogP contribution is 2.52. The summed E-state index contributed by atoms with van der Waals surface area (Å²) < 4.78 is 0. The van der Waals surface area contributed by atoms with Gasteiger partial charge in [-0.1, -0.05) is 44.2 Å². The number of hydrogen-bond acceptors (Lipinski definition) is 4. The summed E-state index contributed by atoms with van der Waals surface area (Å²) in [5.41, 5.74) is 6.47. The van der Waals surface area contributed by atoms with Crippen LogP contribution >= 0.6 is 0 Å². The van der Waals surface area contributed by atoms with Crippen molar-refractivity contribution >= 4 is 11.8 Å². The van der Waals surface area contributed by atoms with Gasteiger partial charge in [0, 0.05) is 0 Å². The monoisotopic (exact) mass is 315 g/mol. The quantitative estimate of drug-likeness (QED) is 0.859. The van der Waals surface area contributed by atoms with Crippen LogP contribution in [0.2, 0.25) is 0 Å². The predicted octanol–water partition coefficient (Wildman–Crippen LogP) is 1.54. The Hall–Kier alpha value is -1.72. The normalized spacial score (nSPS) is 29.2. The van der Waals surface area contributed by atoms with Gasteiger partial charge < -0.3 is 5.73 Å². The van der Waals surface area contributed by atoms with Gasteiger partial charge in [-0.3, -0.25) is 19.4 Å². The predicted molar refractivity (Wildman–Crippen MR) is 88.4 cm³/mol. The number of amides is 2. The second-order valence-corrected chi connectivity index (χ2v) is 7.05. The molecule has 1 spiro atoms. The molecule has 2 heterocycles. The minimum absolute atomic E-state index is 0.00424. The van der Waals surface area contributed by atoms with E-state index < -0.39 is 11.6 Å². The van der Waals surface area contributed by atoms with Crippen molar-refractivity contribution in [1.82, 2.24) is 9.80 Å². The SMILES string of the molecule is CC(C)C(N)C(=O)N1C(=O)C2(CCCN2C)C1c1ccccc1. The zero-order valence-corrected chi connectivity index (χ0v) is 14.0. The number of likely N-dealkylation sites (N-methyl/N-ethyl adjacent to an activating group) is 1. The number of carbonyl (C=O) groups excluding carboxylic acids is 2. The first-order chi connectivity index (χ1) is 10.9. The number of rotatable bonds is 3. The Bertz CT molecular complexity index is 616. The molecule has 2 fully saturated rings. The van der Waals surface area contributed by atoms with Gasteiger partial charge >= 0.3 is 0 Å². The summed E-state index contributed by atoms with van der Waals surface area (Å²) in [5, 5.41) is 0. The first-order valence-electron chi connectivity index (χ1n) is 8.30. The van der Waals surface area contributed by atoms with Crippen LogP contribution in [0.1, 0.15) is 38.3 Å². The lowest BCUT2D eigenvalue weighted by Crippen LogP contribution is -2.75. The molecule has 2 aliphatic rings. The van der Waals surface area contributed by atoms with Crippen molar-refractivity contribution in [3.05, 3.63) is 35.9 Å². The Morgan fingerprint density at radius 3 is 2.48 bits per heavy atom. The Labute approximate surface area is 137 Å². The zero-order valence-electron chi connectivity index (χ0n) is 14.0. The summed E-state index contributed by atoms with van der Waals surface area (Å²) in [5.74, 6) is -0.346. The molecule has 1 aromatic rings. The van der Waals surface area contributed by atoms with Crippen molar-refractivity contribution in [1.29, 1.82) is 0 Å². The van der Waals surface area contributed by atoms with Crippen LogP contribution in [-0.4, -0.2) is 46.8 Å². The van der Waals surface area contributed by atoms with Crippen molar-refractivity contribution in [2.75, 3.05) is 13.6 Å². The number of nitrogens with zero attached hydrogens (tertiary/aromatic N) is 2. The van der Waals surface area contributed by atoms with Crippen molar-refractivity contribution in [3.8, 4) is 0 Å². The van der Waals surface area contributed by atoms with E-state index in [-0.39, 0.29) is 23.8 Å². The number of β-lactam (4-membered cyclic amide) rings is 1. The fraction of sp³-hybridized carbons (Fsp3) is 0.556. The van der Waals surface area contributed by atoms with Crippen LogP contribution in [0, 0.1) is 5.92 Å². The van der Waals surface area contributed by atoms with Crippen LogP contribution in [-0.2, 0) is 9.59 Å². The van der Waals surface area contributed by atoms with E-state index in [1.807, 2.05) is 51.2 Å². The van der Waals surface area contributed by atoms with Crippen LogP contribution in [0.5, 0.6) is 0 Å². The Morgan fingerprint density at radius 2 is 1.96 bits per heavy atom. The van der Waals surface area contributed by atoms with E-state index in [0.717, 1.165) is 24.9 Å². The van der Waals surface area contributed by atoms with Crippen LogP contribution < -0.4 is 5.73 Å². The number of imide groups is 1. The Kier molecular flexibility index (Phi) is 4.02. The molecule has 3 atom stereocenters. The average Bonchev–Trinajstić information content (AvgIpc) is 2.95. The minimum Gasteiger partial charge on any atom is -0.320 e. The summed E-state index contributed by atoms with van der Waals surface area (Å²) in [7, 11) is 1.98. The molecular formula is C18H25N3O2. The Morgan fingerprint density at radius 1 is 1.30 bits per heavy atom. The summed E-state index contributed by atoms with van der Waals surface area (Å²) in [6.07, 6.45) is 1.77. The minimum atomic E-state index is -0.644. The van der Waals surface area contributed by atoms with Gasteiger partial charge in [0.1, 0.15) is 5.54 Å². The molecule has 0 radical (unpaired) electrons. The second kappa shape index (κ2) is 5.73. The van der Waals surface area contributed by atoms with Gasteiger partial charge in [0.15, 0.2) is 0 Å². The topological polar surface area (TPSA) is 66.6 Å². The third kappa shape index (κ3) is 2.22. The van der Waals surface area contributed by atoms with Crippen molar-refractivity contribution in [2.45, 2.75) is 44.3 Å². The molecule has 0 aromatic heterocycles. The molecule has 5 heteroatoms. The zero-order chi connectivity index (χ0) is 16.8. The van der Waals surface area contributed by atoms with Crippen LogP contribution in [0.15, 0.2) is 30.3 Å². The van der Waals surface area contributed by atoms with Gasteiger partial charge in [-0.05, 0) is 37.9 Å². The Balaban J connectivity index is 2.00. The van der Waals surface area contributed by atoms with Gasteiger partial charge in [0.25, 0.3) is 5.91 Å². The number of carbonyl (C=O) groups is 2. The average molecular weight is 315 g/mol. The maximum atomic E-state index is 13.0.